The Labute approximate surface area is 79.0 Å². The zero-order chi connectivity index (χ0) is 10.6. The van der Waals surface area contributed by atoms with Crippen molar-refractivity contribution in [2.24, 2.45) is 0 Å². The highest BCUT2D eigenvalue weighted by atomic mass is 19.1. The molecule has 0 spiro atoms. The fraction of sp³-hybridized carbons (Fsp3) is 0. The number of nitro groups is 1. The van der Waals surface area contributed by atoms with Crippen LogP contribution >= 0.6 is 0 Å². The zero-order valence-corrected chi connectivity index (χ0v) is 6.98. The third kappa shape index (κ3) is 2.38. The molecule has 0 radical (unpaired) electrons. The number of hydrogen-bond donors (Lipinski definition) is 0. The summed E-state index contributed by atoms with van der Waals surface area (Å²) in [6, 6.07) is 7.66. The van der Waals surface area contributed by atoms with Gasteiger partial charge in [0.25, 0.3) is 0 Å². The van der Waals surface area contributed by atoms with E-state index in [0.717, 1.165) is 6.08 Å². The molecule has 4 nitrogen and oxygen atoms in total. The first-order chi connectivity index (χ1) is 6.63. The summed E-state index contributed by atoms with van der Waals surface area (Å²) in [6.45, 7) is 0. The minimum Gasteiger partial charge on any atom is -0.256 e. The van der Waals surface area contributed by atoms with Crippen LogP contribution in [0.2, 0.25) is 0 Å². The number of benzene rings is 1. The molecule has 0 fully saturated rings. The lowest BCUT2D eigenvalue weighted by molar-refractivity contribution is -0.445. The zero-order valence-electron chi connectivity index (χ0n) is 6.98. The predicted molar refractivity (Wildman–Crippen MR) is 47.2 cm³/mol. The lowest BCUT2D eigenvalue weighted by atomic mass is 10.1. The fourth-order valence-electron chi connectivity index (χ4n) is 0.844. The van der Waals surface area contributed by atoms with Gasteiger partial charge in [-0.2, -0.15) is 5.26 Å². The van der Waals surface area contributed by atoms with Gasteiger partial charge < -0.3 is 0 Å². The monoisotopic (exact) mass is 192 g/mol. The molecule has 0 aliphatic rings. The number of rotatable bonds is 2. The molecule has 0 aliphatic carbocycles. The summed E-state index contributed by atoms with van der Waals surface area (Å²) in [7, 11) is 0. The summed E-state index contributed by atoms with van der Waals surface area (Å²) in [4.78, 5) is 8.82. The van der Waals surface area contributed by atoms with Crippen molar-refractivity contribution < 1.29 is 9.31 Å². The fourth-order valence-corrected chi connectivity index (χ4v) is 0.844. The molecule has 0 aliphatic heterocycles. The summed E-state index contributed by atoms with van der Waals surface area (Å²) in [5.41, 5.74) is 0.766. The normalized spacial score (nSPS) is 10.7. The van der Waals surface area contributed by atoms with Crippen molar-refractivity contribution in [2.75, 3.05) is 0 Å². The molecule has 0 amide bonds. The molecule has 14 heavy (non-hydrogen) atoms. The Morgan fingerprint density at radius 1 is 1.50 bits per heavy atom. The Morgan fingerprint density at radius 3 is 2.50 bits per heavy atom. The molecule has 1 aromatic carbocycles. The Kier molecular flexibility index (Phi) is 2.92. The van der Waals surface area contributed by atoms with Crippen LogP contribution in [0.25, 0.3) is 6.08 Å². The number of nitriles is 1. The lowest BCUT2D eigenvalue weighted by Gasteiger charge is -1.91. The van der Waals surface area contributed by atoms with E-state index in [9.17, 15) is 14.5 Å². The van der Waals surface area contributed by atoms with Gasteiger partial charge in [-0.05, 0) is 17.7 Å². The van der Waals surface area contributed by atoms with Gasteiger partial charge in [0.15, 0.2) is 0 Å². The molecule has 1 rings (SSSR count). The van der Waals surface area contributed by atoms with Crippen molar-refractivity contribution in [2.45, 2.75) is 0 Å². The van der Waals surface area contributed by atoms with Gasteiger partial charge in [-0.25, -0.2) is 0 Å². The molecular formula is C9H5FN2O2. The van der Waals surface area contributed by atoms with E-state index in [4.69, 9.17) is 5.26 Å². The second-order valence-electron chi connectivity index (χ2n) is 2.46. The maximum atomic E-state index is 12.5. The van der Waals surface area contributed by atoms with Crippen molar-refractivity contribution in [1.29, 1.82) is 5.26 Å². The smallest absolute Gasteiger partial charge is 0.256 e. The molecule has 70 valence electrons. The lowest BCUT2D eigenvalue weighted by Crippen LogP contribution is -1.91. The van der Waals surface area contributed by atoms with E-state index in [-0.39, 0.29) is 0 Å². The topological polar surface area (TPSA) is 66.9 Å². The predicted octanol–water partition coefficient (Wildman–Crippen LogP) is 2.10. The van der Waals surface area contributed by atoms with Crippen LogP contribution in [0.4, 0.5) is 4.39 Å². The highest BCUT2D eigenvalue weighted by Crippen LogP contribution is 2.09. The Balaban J connectivity index is 2.95. The van der Waals surface area contributed by atoms with Crippen molar-refractivity contribution >= 4 is 6.08 Å². The second kappa shape index (κ2) is 4.14. The first kappa shape index (κ1) is 9.86. The van der Waals surface area contributed by atoms with E-state index in [1.807, 2.05) is 6.07 Å². The largest absolute Gasteiger partial charge is 0.419 e. The van der Waals surface area contributed by atoms with Crippen molar-refractivity contribution in [3.05, 3.63) is 51.5 Å². The van der Waals surface area contributed by atoms with E-state index < -0.39 is 10.9 Å². The van der Waals surface area contributed by atoms with Gasteiger partial charge in [0.1, 0.15) is 0 Å². The molecule has 0 unspecified atom stereocenters. The number of halogens is 1. The molecule has 0 aromatic heterocycles. The molecular weight excluding hydrogens is 187 g/mol. The maximum absolute atomic E-state index is 12.5. The summed E-state index contributed by atoms with van der Waals surface area (Å²) in [5.74, 6) is -1.42. The van der Waals surface area contributed by atoms with Gasteiger partial charge >= 0.3 is 5.95 Å². The van der Waals surface area contributed by atoms with Crippen LogP contribution in [0.1, 0.15) is 11.1 Å². The van der Waals surface area contributed by atoms with E-state index in [2.05, 4.69) is 0 Å². The molecule has 0 heterocycles. The van der Waals surface area contributed by atoms with E-state index in [1.165, 1.54) is 24.3 Å². The van der Waals surface area contributed by atoms with Gasteiger partial charge in [0.05, 0.1) is 22.6 Å². The van der Waals surface area contributed by atoms with Crippen LogP contribution < -0.4 is 0 Å². The van der Waals surface area contributed by atoms with Crippen LogP contribution in [-0.4, -0.2) is 4.92 Å². The Morgan fingerprint density at radius 2 is 2.07 bits per heavy atom. The highest BCUT2D eigenvalue weighted by Gasteiger charge is 2.07. The van der Waals surface area contributed by atoms with Crippen LogP contribution in [0, 0.1) is 21.4 Å². The van der Waals surface area contributed by atoms with Crippen LogP contribution in [-0.2, 0) is 0 Å². The van der Waals surface area contributed by atoms with Gasteiger partial charge in [0.2, 0.25) is 0 Å². The second-order valence-corrected chi connectivity index (χ2v) is 2.46. The van der Waals surface area contributed by atoms with Gasteiger partial charge in [-0.3, -0.25) is 10.1 Å². The van der Waals surface area contributed by atoms with Gasteiger partial charge in [-0.1, -0.05) is 12.1 Å². The minimum atomic E-state index is -1.42. The molecule has 0 saturated heterocycles. The molecule has 0 saturated carbocycles. The van der Waals surface area contributed by atoms with E-state index in [1.54, 1.807) is 0 Å². The van der Waals surface area contributed by atoms with Crippen LogP contribution in [0.15, 0.2) is 30.2 Å². The van der Waals surface area contributed by atoms with Crippen LogP contribution in [0.5, 0.6) is 0 Å². The van der Waals surface area contributed by atoms with E-state index >= 15 is 0 Å². The Hall–Kier alpha value is -2.22. The summed E-state index contributed by atoms with van der Waals surface area (Å²) >= 11 is 0. The average molecular weight is 192 g/mol. The van der Waals surface area contributed by atoms with Crippen molar-refractivity contribution in [3.8, 4) is 6.07 Å². The van der Waals surface area contributed by atoms with Crippen molar-refractivity contribution in [3.63, 3.8) is 0 Å². The summed E-state index contributed by atoms with van der Waals surface area (Å²) in [6.07, 6.45) is 0.793. The van der Waals surface area contributed by atoms with Crippen LogP contribution in [0.3, 0.4) is 0 Å². The molecule has 0 N–H and O–H groups in total. The van der Waals surface area contributed by atoms with Gasteiger partial charge in [0, 0.05) is 0 Å². The first-order valence-corrected chi connectivity index (χ1v) is 3.65. The standard InChI is InChI=1S/C9H5FN2O2/c10-9(12(13)14)5-7-1-3-8(6-11)4-2-7/h1-5H. The molecule has 1 aromatic rings. The SMILES string of the molecule is N#Cc1ccc(C=C(F)[N+](=O)[O-])cc1. The minimum absolute atomic E-state index is 0.346. The van der Waals surface area contributed by atoms with Crippen molar-refractivity contribution in [1.82, 2.24) is 0 Å². The first-order valence-electron chi connectivity index (χ1n) is 3.65. The average Bonchev–Trinajstić information content (AvgIpc) is 2.19. The summed E-state index contributed by atoms with van der Waals surface area (Å²) in [5, 5.41) is 18.4. The summed E-state index contributed by atoms with van der Waals surface area (Å²) < 4.78 is 12.5. The molecule has 5 heteroatoms. The van der Waals surface area contributed by atoms with Gasteiger partial charge in [-0.15, -0.1) is 4.39 Å². The molecule has 0 bridgehead atoms. The third-order valence-electron chi connectivity index (χ3n) is 1.50. The number of hydrogen-bond acceptors (Lipinski definition) is 3. The number of nitrogens with zero attached hydrogens (tertiary/aromatic N) is 2. The third-order valence-corrected chi connectivity index (χ3v) is 1.50. The molecule has 0 atom stereocenters. The quantitative estimate of drug-likeness (QED) is 0.409. The van der Waals surface area contributed by atoms with E-state index in [0.29, 0.717) is 11.1 Å². The highest BCUT2D eigenvalue weighted by molar-refractivity contribution is 5.51. The maximum Gasteiger partial charge on any atom is 0.419 e. The Bertz CT molecular complexity index is 417.